The Morgan fingerprint density at radius 2 is 1.67 bits per heavy atom. The zero-order valence-electron chi connectivity index (χ0n) is 12.4. The van der Waals surface area contributed by atoms with Crippen LogP contribution in [0.1, 0.15) is 38.5 Å². The smallest absolute Gasteiger partial charge is 0.191 e. The number of hydrogen-bond acceptors (Lipinski definition) is 6. The summed E-state index contributed by atoms with van der Waals surface area (Å²) in [5.74, 6) is 9.91. The molecule has 0 radical (unpaired) electrons. The van der Waals surface area contributed by atoms with Gasteiger partial charge in [-0.3, -0.25) is 0 Å². The lowest BCUT2D eigenvalue weighted by Crippen LogP contribution is -2.54. The Labute approximate surface area is 129 Å². The van der Waals surface area contributed by atoms with Crippen molar-refractivity contribution in [2.75, 3.05) is 17.0 Å². The lowest BCUT2D eigenvalue weighted by molar-refractivity contribution is 0.0105. The number of rotatable bonds is 4. The highest BCUT2D eigenvalue weighted by molar-refractivity contribution is 7.98. The van der Waals surface area contributed by atoms with E-state index in [0.29, 0.717) is 5.82 Å². The molecule has 0 amide bonds. The lowest BCUT2D eigenvalue weighted by Gasteiger charge is -2.57. The average molecular weight is 305 g/mol. The fourth-order valence-electron chi connectivity index (χ4n) is 5.19. The van der Waals surface area contributed by atoms with Crippen LogP contribution in [0.25, 0.3) is 0 Å². The van der Waals surface area contributed by atoms with Crippen LogP contribution in [0.4, 0.5) is 11.6 Å². The molecule has 1 heterocycles. The minimum Gasteiger partial charge on any atom is -0.364 e. The third-order valence-corrected chi connectivity index (χ3v) is 6.02. The van der Waals surface area contributed by atoms with Gasteiger partial charge in [0.1, 0.15) is 11.6 Å². The first kappa shape index (κ1) is 13.6. The maximum atomic E-state index is 5.53. The van der Waals surface area contributed by atoms with Crippen LogP contribution in [-0.4, -0.2) is 21.8 Å². The van der Waals surface area contributed by atoms with Crippen molar-refractivity contribution in [1.29, 1.82) is 0 Å². The summed E-state index contributed by atoms with van der Waals surface area (Å²) in [6.45, 7) is 0. The third-order valence-electron chi connectivity index (χ3n) is 5.47. The molecular weight excluding hydrogens is 282 g/mol. The second-order valence-electron chi connectivity index (χ2n) is 7.09. The van der Waals surface area contributed by atoms with Gasteiger partial charge in [0.25, 0.3) is 0 Å². The standard InChI is InChI=1S/C15H23N5S/c1-21-14-17-12(5-13(18-14)20-16)19-15-6-9-2-10(7-15)4-11(3-9)8-15/h5,9-11H,2-4,6-8,16H2,1H3,(H2,17,18,19,20). The summed E-state index contributed by atoms with van der Waals surface area (Å²) in [5.41, 5.74) is 2.91. The predicted molar refractivity (Wildman–Crippen MR) is 86.1 cm³/mol. The molecule has 4 bridgehead atoms. The van der Waals surface area contributed by atoms with Crippen molar-refractivity contribution in [3.05, 3.63) is 6.07 Å². The number of nitrogens with two attached hydrogens (primary N) is 1. The van der Waals surface area contributed by atoms with Gasteiger partial charge in [-0.1, -0.05) is 11.8 Å². The number of nitrogens with one attached hydrogen (secondary N) is 2. The highest BCUT2D eigenvalue weighted by atomic mass is 32.2. The lowest BCUT2D eigenvalue weighted by atomic mass is 9.53. The number of aromatic nitrogens is 2. The van der Waals surface area contributed by atoms with E-state index in [4.69, 9.17) is 5.84 Å². The highest BCUT2D eigenvalue weighted by Gasteiger charge is 2.51. The number of thioether (sulfide) groups is 1. The van der Waals surface area contributed by atoms with Gasteiger partial charge >= 0.3 is 0 Å². The van der Waals surface area contributed by atoms with Crippen LogP contribution in [0.5, 0.6) is 0 Å². The quantitative estimate of drug-likeness (QED) is 0.344. The van der Waals surface area contributed by atoms with Crippen molar-refractivity contribution in [3.63, 3.8) is 0 Å². The predicted octanol–water partition coefficient (Wildman–Crippen LogP) is 2.86. The zero-order valence-corrected chi connectivity index (χ0v) is 13.2. The molecular formula is C15H23N5S. The third kappa shape index (κ3) is 2.48. The second kappa shape index (κ2) is 5.02. The topological polar surface area (TPSA) is 75.9 Å². The van der Waals surface area contributed by atoms with Gasteiger partial charge in [-0.2, -0.15) is 0 Å². The van der Waals surface area contributed by atoms with Gasteiger partial charge < -0.3 is 10.7 Å². The second-order valence-corrected chi connectivity index (χ2v) is 7.87. The Hall–Kier alpha value is -1.01. The molecule has 5 rings (SSSR count). The number of anilines is 2. The first-order chi connectivity index (χ1) is 10.2. The van der Waals surface area contributed by atoms with Crippen LogP contribution in [-0.2, 0) is 0 Å². The molecule has 0 saturated heterocycles. The van der Waals surface area contributed by atoms with E-state index < -0.39 is 0 Å². The minimum absolute atomic E-state index is 0.269. The van der Waals surface area contributed by atoms with Crippen LogP contribution < -0.4 is 16.6 Å². The van der Waals surface area contributed by atoms with Crippen LogP contribution in [0.3, 0.4) is 0 Å². The van der Waals surface area contributed by atoms with Gasteiger partial charge in [0.05, 0.1) is 0 Å². The summed E-state index contributed by atoms with van der Waals surface area (Å²) >= 11 is 1.55. The zero-order chi connectivity index (χ0) is 14.4. The Bertz CT molecular complexity index is 489. The Morgan fingerprint density at radius 1 is 1.10 bits per heavy atom. The molecule has 0 unspecified atom stereocenters. The Morgan fingerprint density at radius 3 is 2.19 bits per heavy atom. The van der Waals surface area contributed by atoms with Crippen LogP contribution in [0, 0.1) is 17.8 Å². The van der Waals surface area contributed by atoms with Gasteiger partial charge in [-0.25, -0.2) is 15.8 Å². The van der Waals surface area contributed by atoms with E-state index in [1.807, 2.05) is 12.3 Å². The van der Waals surface area contributed by atoms with Crippen molar-refractivity contribution >= 4 is 23.4 Å². The molecule has 4 saturated carbocycles. The van der Waals surface area contributed by atoms with E-state index in [1.165, 1.54) is 38.5 Å². The molecule has 21 heavy (non-hydrogen) atoms. The SMILES string of the molecule is CSc1nc(NN)cc(NC23CC4CC(CC(C4)C2)C3)n1. The van der Waals surface area contributed by atoms with E-state index in [2.05, 4.69) is 20.7 Å². The molecule has 0 atom stereocenters. The molecule has 4 aliphatic rings. The fourth-order valence-corrected chi connectivity index (χ4v) is 5.57. The number of hydrogen-bond donors (Lipinski definition) is 3. The summed E-state index contributed by atoms with van der Waals surface area (Å²) in [7, 11) is 0. The summed E-state index contributed by atoms with van der Waals surface area (Å²) in [6, 6.07) is 1.93. The Balaban J connectivity index is 1.61. The first-order valence-corrected chi connectivity index (χ1v) is 9.08. The summed E-state index contributed by atoms with van der Waals surface area (Å²) in [6.07, 6.45) is 10.3. The van der Waals surface area contributed by atoms with E-state index in [9.17, 15) is 0 Å². The largest absolute Gasteiger partial charge is 0.364 e. The highest BCUT2D eigenvalue weighted by Crippen LogP contribution is 2.56. The molecule has 1 aromatic rings. The van der Waals surface area contributed by atoms with Gasteiger partial charge in [0.2, 0.25) is 0 Å². The summed E-state index contributed by atoms with van der Waals surface area (Å²) in [5, 5.41) is 4.54. The maximum absolute atomic E-state index is 5.53. The van der Waals surface area contributed by atoms with Gasteiger partial charge in [-0.15, -0.1) is 0 Å². The van der Waals surface area contributed by atoms with Crippen molar-refractivity contribution in [2.24, 2.45) is 23.6 Å². The molecule has 0 aromatic carbocycles. The van der Waals surface area contributed by atoms with Crippen molar-refractivity contribution < 1.29 is 0 Å². The van der Waals surface area contributed by atoms with Gasteiger partial charge in [0, 0.05) is 11.6 Å². The van der Waals surface area contributed by atoms with E-state index in [-0.39, 0.29) is 5.54 Å². The molecule has 4 N–H and O–H groups in total. The summed E-state index contributed by atoms with van der Waals surface area (Å²) in [4.78, 5) is 8.96. The normalized spacial score (nSPS) is 36.8. The van der Waals surface area contributed by atoms with E-state index in [0.717, 1.165) is 28.7 Å². The first-order valence-electron chi connectivity index (χ1n) is 7.86. The minimum atomic E-state index is 0.269. The van der Waals surface area contributed by atoms with Gasteiger partial charge in [-0.05, 0) is 62.5 Å². The summed E-state index contributed by atoms with van der Waals surface area (Å²) < 4.78 is 0. The van der Waals surface area contributed by atoms with Crippen LogP contribution >= 0.6 is 11.8 Å². The molecule has 6 heteroatoms. The Kier molecular flexibility index (Phi) is 3.26. The molecule has 4 aliphatic carbocycles. The molecule has 0 spiro atoms. The van der Waals surface area contributed by atoms with E-state index in [1.54, 1.807) is 11.8 Å². The van der Waals surface area contributed by atoms with Crippen molar-refractivity contribution in [2.45, 2.75) is 49.2 Å². The average Bonchev–Trinajstić information content (AvgIpc) is 2.44. The maximum Gasteiger partial charge on any atom is 0.191 e. The van der Waals surface area contributed by atoms with Crippen molar-refractivity contribution in [3.8, 4) is 0 Å². The number of nitrogens with zero attached hydrogens (tertiary/aromatic N) is 2. The molecule has 1 aromatic heterocycles. The molecule has 114 valence electrons. The van der Waals surface area contributed by atoms with E-state index >= 15 is 0 Å². The molecule has 4 fully saturated rings. The number of nitrogen functional groups attached to an aromatic ring is 1. The molecule has 5 nitrogen and oxygen atoms in total. The molecule has 0 aliphatic heterocycles. The van der Waals surface area contributed by atoms with Crippen molar-refractivity contribution in [1.82, 2.24) is 9.97 Å². The van der Waals surface area contributed by atoms with Crippen LogP contribution in [0.15, 0.2) is 11.2 Å². The van der Waals surface area contributed by atoms with Crippen LogP contribution in [0.2, 0.25) is 0 Å². The number of hydrazine groups is 1. The monoisotopic (exact) mass is 305 g/mol. The van der Waals surface area contributed by atoms with Gasteiger partial charge in [0.15, 0.2) is 5.16 Å². The fraction of sp³-hybridized carbons (Fsp3) is 0.733.